The van der Waals surface area contributed by atoms with Crippen molar-refractivity contribution < 1.29 is 23.9 Å². The van der Waals surface area contributed by atoms with Crippen molar-refractivity contribution >= 4 is 40.7 Å². The molecule has 5 nitrogen and oxygen atoms in total. The lowest BCUT2D eigenvalue weighted by Crippen LogP contribution is -2.07. The summed E-state index contributed by atoms with van der Waals surface area (Å²) >= 11 is 0. The Kier molecular flexibility index (Phi) is 16.4. The van der Waals surface area contributed by atoms with Crippen molar-refractivity contribution in [1.29, 1.82) is 0 Å². The molecule has 98 valence electrons. The SMILES string of the molecule is CC(=O)CC(C)=O.CCOC(=O)CC(C)=O.[AlH3]. The van der Waals surface area contributed by atoms with Crippen LogP contribution in [0.5, 0.6) is 0 Å². The summed E-state index contributed by atoms with van der Waals surface area (Å²) in [6, 6.07) is 0. The molecule has 6 heteroatoms. The maximum absolute atomic E-state index is 10.4. The highest BCUT2D eigenvalue weighted by Gasteiger charge is 2.03. The predicted molar refractivity (Wildman–Crippen MR) is 67.8 cm³/mol. The van der Waals surface area contributed by atoms with E-state index >= 15 is 0 Å². The average Bonchev–Trinajstić information content (AvgIpc) is 2.00. The molecule has 17 heavy (non-hydrogen) atoms. The molecule has 0 aliphatic carbocycles. The van der Waals surface area contributed by atoms with E-state index in [4.69, 9.17) is 0 Å². The maximum atomic E-state index is 10.4. The fourth-order valence-electron chi connectivity index (χ4n) is 0.766. The van der Waals surface area contributed by atoms with Gasteiger partial charge in [0.25, 0.3) is 0 Å². The third-order valence-electron chi connectivity index (χ3n) is 1.20. The number of Topliss-reactive ketones (excluding diaryl/α,β-unsaturated/α-hetero) is 3. The van der Waals surface area contributed by atoms with Gasteiger partial charge in [-0.2, -0.15) is 0 Å². The molecule has 0 heterocycles. The van der Waals surface area contributed by atoms with Crippen molar-refractivity contribution in [3.05, 3.63) is 0 Å². The quantitative estimate of drug-likeness (QED) is 0.392. The summed E-state index contributed by atoms with van der Waals surface area (Å²) in [5.74, 6) is -0.724. The summed E-state index contributed by atoms with van der Waals surface area (Å²) in [6.07, 6.45) is -0.0200. The first-order chi connectivity index (χ1) is 7.29. The van der Waals surface area contributed by atoms with Crippen LogP contribution in [0.25, 0.3) is 0 Å². The Bertz CT molecular complexity index is 261. The molecular formula is C11H21AlO5. The second kappa shape index (κ2) is 13.1. The van der Waals surface area contributed by atoms with Crippen LogP contribution >= 0.6 is 0 Å². The van der Waals surface area contributed by atoms with Crippen molar-refractivity contribution in [2.75, 3.05) is 6.61 Å². The second-order valence-corrected chi connectivity index (χ2v) is 3.26. The van der Waals surface area contributed by atoms with Crippen LogP contribution in [0.2, 0.25) is 0 Å². The molecule has 0 atom stereocenters. The summed E-state index contributed by atoms with van der Waals surface area (Å²) in [5.41, 5.74) is 0. The van der Waals surface area contributed by atoms with Gasteiger partial charge in [-0.05, 0) is 27.7 Å². The summed E-state index contributed by atoms with van der Waals surface area (Å²) in [4.78, 5) is 40.7. The van der Waals surface area contributed by atoms with Gasteiger partial charge in [-0.3, -0.25) is 19.2 Å². The average molecular weight is 260 g/mol. The highest BCUT2D eigenvalue weighted by Crippen LogP contribution is 1.86. The minimum atomic E-state index is -0.440. The summed E-state index contributed by atoms with van der Waals surface area (Å²) < 4.78 is 4.49. The molecule has 0 N–H and O–H groups in total. The standard InChI is InChI=1S/C6H10O3.C5H8O2.Al.3H/c1-3-9-6(8)4-5(2)7;1-4(6)3-5(2)7;;;;/h3-4H2,1-2H3;3H2,1-2H3;;;;. The van der Waals surface area contributed by atoms with Crippen LogP contribution in [-0.4, -0.2) is 47.3 Å². The summed E-state index contributed by atoms with van der Waals surface area (Å²) in [5, 5.41) is 0. The van der Waals surface area contributed by atoms with E-state index in [0.717, 1.165) is 0 Å². The second-order valence-electron chi connectivity index (χ2n) is 3.26. The number of carbonyl (C=O) groups is 4. The Labute approximate surface area is 112 Å². The zero-order valence-corrected chi connectivity index (χ0v) is 10.2. The van der Waals surface area contributed by atoms with Crippen LogP contribution < -0.4 is 0 Å². The molecule has 0 fully saturated rings. The Hall–Kier alpha value is -0.988. The Morgan fingerprint density at radius 2 is 1.18 bits per heavy atom. The molecule has 0 rings (SSSR count). The van der Waals surface area contributed by atoms with E-state index in [2.05, 4.69) is 4.74 Å². The van der Waals surface area contributed by atoms with Gasteiger partial charge in [0.1, 0.15) is 23.8 Å². The van der Waals surface area contributed by atoms with Crippen molar-refractivity contribution in [2.24, 2.45) is 0 Å². The molecule has 0 spiro atoms. The van der Waals surface area contributed by atoms with Gasteiger partial charge in [0.2, 0.25) is 0 Å². The van der Waals surface area contributed by atoms with Crippen LogP contribution in [0, 0.1) is 0 Å². The number of ether oxygens (including phenoxy) is 1. The third-order valence-corrected chi connectivity index (χ3v) is 1.20. The lowest BCUT2D eigenvalue weighted by molar-refractivity contribution is -0.145. The molecule has 0 bridgehead atoms. The number of carbonyl (C=O) groups excluding carboxylic acids is 4. The van der Waals surface area contributed by atoms with Crippen molar-refractivity contribution in [2.45, 2.75) is 40.5 Å². The zero-order chi connectivity index (χ0) is 13.1. The van der Waals surface area contributed by atoms with E-state index in [1.165, 1.54) is 20.8 Å². The molecule has 0 radical (unpaired) electrons. The van der Waals surface area contributed by atoms with Crippen LogP contribution in [0.4, 0.5) is 0 Å². The van der Waals surface area contributed by atoms with Crippen molar-refractivity contribution in [3.8, 4) is 0 Å². The largest absolute Gasteiger partial charge is 0.466 e. The van der Waals surface area contributed by atoms with E-state index in [9.17, 15) is 19.2 Å². The molecule has 0 amide bonds. The van der Waals surface area contributed by atoms with E-state index in [0.29, 0.717) is 6.61 Å². The van der Waals surface area contributed by atoms with Crippen LogP contribution in [0.3, 0.4) is 0 Å². The van der Waals surface area contributed by atoms with E-state index in [1.54, 1.807) is 6.92 Å². The first-order valence-electron chi connectivity index (χ1n) is 4.93. The van der Waals surface area contributed by atoms with Gasteiger partial charge in [-0.1, -0.05) is 0 Å². The molecule has 0 aliphatic heterocycles. The number of rotatable bonds is 5. The first kappa shape index (κ1) is 21.3. The highest BCUT2D eigenvalue weighted by atomic mass is 27.0. The summed E-state index contributed by atoms with van der Waals surface area (Å²) in [6.45, 7) is 6.21. The normalized spacial score (nSPS) is 8.00. The van der Waals surface area contributed by atoms with Gasteiger partial charge in [0.15, 0.2) is 17.4 Å². The molecule has 0 aromatic carbocycles. The molecule has 0 unspecified atom stereocenters. The Morgan fingerprint density at radius 1 is 0.824 bits per heavy atom. The number of hydrogen-bond acceptors (Lipinski definition) is 5. The fourth-order valence-corrected chi connectivity index (χ4v) is 0.766. The lowest BCUT2D eigenvalue weighted by Gasteiger charge is -1.96. The van der Waals surface area contributed by atoms with Crippen molar-refractivity contribution in [3.63, 3.8) is 0 Å². The molecular weight excluding hydrogens is 239 g/mol. The molecule has 0 saturated carbocycles. The summed E-state index contributed by atoms with van der Waals surface area (Å²) in [7, 11) is 0. The van der Waals surface area contributed by atoms with E-state index in [1.807, 2.05) is 0 Å². The predicted octanol–water partition coefficient (Wildman–Crippen LogP) is -0.101. The number of ketones is 3. The van der Waals surface area contributed by atoms with Crippen molar-refractivity contribution in [1.82, 2.24) is 0 Å². The van der Waals surface area contributed by atoms with Gasteiger partial charge >= 0.3 is 5.97 Å². The molecule has 0 aromatic rings. The van der Waals surface area contributed by atoms with Gasteiger partial charge in [-0.25, -0.2) is 0 Å². The van der Waals surface area contributed by atoms with E-state index in [-0.39, 0.29) is 47.6 Å². The molecule has 0 saturated heterocycles. The maximum Gasteiger partial charge on any atom is 0.313 e. The number of esters is 1. The van der Waals surface area contributed by atoms with Gasteiger partial charge in [0.05, 0.1) is 13.0 Å². The molecule has 0 aromatic heterocycles. The van der Waals surface area contributed by atoms with Crippen LogP contribution in [-0.2, 0) is 23.9 Å². The van der Waals surface area contributed by atoms with Gasteiger partial charge in [0, 0.05) is 0 Å². The highest BCUT2D eigenvalue weighted by molar-refractivity contribution is 5.96. The smallest absolute Gasteiger partial charge is 0.313 e. The fraction of sp³-hybridized carbons (Fsp3) is 0.636. The lowest BCUT2D eigenvalue weighted by atomic mass is 10.2. The first-order valence-corrected chi connectivity index (χ1v) is 4.93. The minimum Gasteiger partial charge on any atom is -0.466 e. The monoisotopic (exact) mass is 260 g/mol. The topological polar surface area (TPSA) is 77.5 Å². The van der Waals surface area contributed by atoms with Gasteiger partial charge in [-0.15, -0.1) is 0 Å². The van der Waals surface area contributed by atoms with Gasteiger partial charge < -0.3 is 4.74 Å². The third kappa shape index (κ3) is 25.4. The zero-order valence-electron chi connectivity index (χ0n) is 10.2. The Balaban J connectivity index is -0.000000224. The minimum absolute atomic E-state index is 0. The number of hydrogen-bond donors (Lipinski definition) is 0. The van der Waals surface area contributed by atoms with Crippen LogP contribution in [0.1, 0.15) is 40.5 Å². The van der Waals surface area contributed by atoms with E-state index < -0.39 is 5.97 Å². The Morgan fingerprint density at radius 3 is 1.35 bits per heavy atom. The van der Waals surface area contributed by atoms with Crippen LogP contribution in [0.15, 0.2) is 0 Å². The molecule has 0 aliphatic rings.